The van der Waals surface area contributed by atoms with Gasteiger partial charge in [0.05, 0.1) is 0 Å². The number of hydrogen-bond donors (Lipinski definition) is 2. The molecular formula is C18H21FN2O5S. The second-order valence-corrected chi connectivity index (χ2v) is 9.08. The minimum atomic E-state index is -3.91. The van der Waals surface area contributed by atoms with Crippen molar-refractivity contribution < 1.29 is 22.8 Å². The molecule has 1 heterocycles. The van der Waals surface area contributed by atoms with E-state index in [2.05, 4.69) is 0 Å². The normalized spacial score (nSPS) is 13.8. The molecule has 1 amide bonds. The maximum atomic E-state index is 14.5. The number of pyridine rings is 1. The molecule has 0 aliphatic heterocycles. The molecule has 0 aliphatic carbocycles. The maximum Gasteiger partial charge on any atom is 0.264 e. The minimum absolute atomic E-state index is 0.138. The molecule has 7 nitrogen and oxygen atoms in total. The van der Waals surface area contributed by atoms with Crippen molar-refractivity contribution in [1.29, 1.82) is 0 Å². The number of carbonyl (C=O) groups is 1. The molecule has 27 heavy (non-hydrogen) atoms. The van der Waals surface area contributed by atoms with Gasteiger partial charge in [0.2, 0.25) is 0 Å². The lowest BCUT2D eigenvalue weighted by molar-refractivity contribution is -0.131. The van der Waals surface area contributed by atoms with E-state index in [1.165, 1.54) is 5.48 Å². The third-order valence-electron chi connectivity index (χ3n) is 4.64. The number of rotatable bonds is 6. The highest BCUT2D eigenvalue weighted by Gasteiger charge is 2.43. The number of sulfone groups is 1. The van der Waals surface area contributed by atoms with Gasteiger partial charge in [0, 0.05) is 30.6 Å². The van der Waals surface area contributed by atoms with Gasteiger partial charge in [0.25, 0.3) is 11.5 Å². The molecule has 0 fully saturated rings. The van der Waals surface area contributed by atoms with Crippen LogP contribution >= 0.6 is 0 Å². The first kappa shape index (κ1) is 20.8. The molecule has 0 saturated carbocycles. The molecule has 0 bridgehead atoms. The van der Waals surface area contributed by atoms with Crippen LogP contribution in [0.25, 0.3) is 11.1 Å². The molecule has 0 radical (unpaired) electrons. The summed E-state index contributed by atoms with van der Waals surface area (Å²) >= 11 is 0. The number of nitrogens with one attached hydrogen (secondary N) is 1. The predicted molar refractivity (Wildman–Crippen MR) is 98.6 cm³/mol. The first-order valence-electron chi connectivity index (χ1n) is 8.11. The Bertz CT molecular complexity index is 1030. The lowest BCUT2D eigenvalue weighted by Gasteiger charge is -2.25. The van der Waals surface area contributed by atoms with Crippen LogP contribution in [0.1, 0.15) is 18.9 Å². The number of hydroxylamine groups is 1. The monoisotopic (exact) mass is 396 g/mol. The van der Waals surface area contributed by atoms with Crippen LogP contribution in [-0.4, -0.2) is 35.1 Å². The maximum absolute atomic E-state index is 14.5. The Hall–Kier alpha value is -2.52. The molecule has 1 aromatic carbocycles. The van der Waals surface area contributed by atoms with Crippen molar-refractivity contribution in [2.45, 2.75) is 31.6 Å². The molecular weight excluding hydrogens is 375 g/mol. The SMILES string of the molecule is Cc1cccc(-c2cc(=O)n(CCC(C)(C(=O)NO)S(C)(=O)=O)cc2F)c1. The lowest BCUT2D eigenvalue weighted by Crippen LogP contribution is -2.50. The van der Waals surface area contributed by atoms with Gasteiger partial charge in [0.15, 0.2) is 14.6 Å². The summed E-state index contributed by atoms with van der Waals surface area (Å²) in [5.41, 5.74) is 2.40. The Labute approximate surface area is 156 Å². The number of aryl methyl sites for hydroxylation is 2. The Kier molecular flexibility index (Phi) is 5.86. The zero-order chi connectivity index (χ0) is 20.4. The van der Waals surface area contributed by atoms with Crippen LogP contribution in [0, 0.1) is 12.7 Å². The van der Waals surface area contributed by atoms with Crippen molar-refractivity contribution in [3.8, 4) is 11.1 Å². The van der Waals surface area contributed by atoms with Crippen LogP contribution < -0.4 is 11.0 Å². The smallest absolute Gasteiger partial charge is 0.264 e. The van der Waals surface area contributed by atoms with E-state index < -0.39 is 31.9 Å². The van der Waals surface area contributed by atoms with E-state index in [9.17, 15) is 22.4 Å². The van der Waals surface area contributed by atoms with Gasteiger partial charge in [-0.2, -0.15) is 0 Å². The first-order chi connectivity index (χ1) is 12.5. The van der Waals surface area contributed by atoms with Gasteiger partial charge in [-0.25, -0.2) is 18.3 Å². The topological polar surface area (TPSA) is 105 Å². The summed E-state index contributed by atoms with van der Waals surface area (Å²) in [5, 5.41) is 8.82. The molecule has 9 heteroatoms. The third-order valence-corrected chi connectivity index (χ3v) is 6.66. The molecule has 1 aromatic heterocycles. The quantitative estimate of drug-likeness (QED) is 0.571. The van der Waals surface area contributed by atoms with E-state index in [0.717, 1.165) is 35.6 Å². The van der Waals surface area contributed by atoms with Gasteiger partial charge in [0.1, 0.15) is 5.82 Å². The molecule has 146 valence electrons. The largest absolute Gasteiger partial charge is 0.312 e. The highest BCUT2D eigenvalue weighted by Crippen LogP contribution is 2.24. The number of carbonyl (C=O) groups excluding carboxylic acids is 1. The van der Waals surface area contributed by atoms with E-state index >= 15 is 0 Å². The molecule has 2 N–H and O–H groups in total. The summed E-state index contributed by atoms with van der Waals surface area (Å²) in [6.45, 7) is 2.76. The van der Waals surface area contributed by atoms with E-state index in [-0.39, 0.29) is 18.5 Å². The molecule has 0 spiro atoms. The Morgan fingerprint density at radius 2 is 2.00 bits per heavy atom. The molecule has 0 aliphatic rings. The third kappa shape index (κ3) is 4.25. The summed E-state index contributed by atoms with van der Waals surface area (Å²) < 4.78 is 37.5. The van der Waals surface area contributed by atoms with Crippen molar-refractivity contribution >= 4 is 15.7 Å². The Balaban J connectivity index is 2.37. The van der Waals surface area contributed by atoms with Gasteiger partial charge in [-0.15, -0.1) is 0 Å². The van der Waals surface area contributed by atoms with Crippen LogP contribution in [-0.2, 0) is 21.2 Å². The van der Waals surface area contributed by atoms with Gasteiger partial charge in [-0.3, -0.25) is 14.8 Å². The molecule has 0 saturated heterocycles. The van der Waals surface area contributed by atoms with Gasteiger partial charge in [-0.1, -0.05) is 29.8 Å². The van der Waals surface area contributed by atoms with Crippen LogP contribution in [0.3, 0.4) is 0 Å². The molecule has 1 atom stereocenters. The average Bonchev–Trinajstić information content (AvgIpc) is 2.60. The number of benzene rings is 1. The fourth-order valence-corrected chi connectivity index (χ4v) is 3.52. The minimum Gasteiger partial charge on any atom is -0.312 e. The summed E-state index contributed by atoms with van der Waals surface area (Å²) in [4.78, 5) is 24.2. The first-order valence-corrected chi connectivity index (χ1v) is 10.00. The standard InChI is InChI=1S/C18H21FN2O5S/c1-12-5-4-6-13(9-12)14-10-16(22)21(11-15(14)19)8-7-18(2,17(23)20-24)27(3,25)26/h4-6,9-11,24H,7-8H2,1-3H3,(H,20,23). The van der Waals surface area contributed by atoms with E-state index in [4.69, 9.17) is 5.21 Å². The van der Waals surface area contributed by atoms with Crippen LogP contribution in [0.2, 0.25) is 0 Å². The van der Waals surface area contributed by atoms with Gasteiger partial charge < -0.3 is 4.57 Å². The van der Waals surface area contributed by atoms with Crippen LogP contribution in [0.4, 0.5) is 4.39 Å². The Morgan fingerprint density at radius 1 is 1.33 bits per heavy atom. The fraction of sp³-hybridized carbons (Fsp3) is 0.333. The van der Waals surface area contributed by atoms with E-state index in [0.29, 0.717) is 5.56 Å². The van der Waals surface area contributed by atoms with Crippen LogP contribution in [0.15, 0.2) is 41.3 Å². The second kappa shape index (κ2) is 7.61. The summed E-state index contributed by atoms with van der Waals surface area (Å²) in [6, 6.07) is 8.16. The van der Waals surface area contributed by atoms with Crippen molar-refractivity contribution in [3.63, 3.8) is 0 Å². The van der Waals surface area contributed by atoms with Gasteiger partial charge >= 0.3 is 0 Å². The van der Waals surface area contributed by atoms with Gasteiger partial charge in [-0.05, 0) is 25.8 Å². The Morgan fingerprint density at radius 3 is 2.56 bits per heavy atom. The number of hydrogen-bond acceptors (Lipinski definition) is 5. The predicted octanol–water partition coefficient (Wildman–Crippen LogP) is 1.66. The number of nitrogens with zero attached hydrogens (tertiary/aromatic N) is 1. The molecule has 1 unspecified atom stereocenters. The van der Waals surface area contributed by atoms with Crippen molar-refractivity contribution in [3.05, 3.63) is 58.3 Å². The average molecular weight is 396 g/mol. The molecule has 2 rings (SSSR count). The second-order valence-electron chi connectivity index (χ2n) is 6.63. The lowest BCUT2D eigenvalue weighted by atomic mass is 10.0. The van der Waals surface area contributed by atoms with Crippen LogP contribution in [0.5, 0.6) is 0 Å². The number of halogens is 1. The summed E-state index contributed by atoms with van der Waals surface area (Å²) in [6.07, 6.45) is 1.52. The van der Waals surface area contributed by atoms with E-state index in [1.54, 1.807) is 18.2 Å². The highest BCUT2D eigenvalue weighted by atomic mass is 32.2. The highest BCUT2D eigenvalue weighted by molar-refractivity contribution is 7.92. The zero-order valence-electron chi connectivity index (χ0n) is 15.2. The van der Waals surface area contributed by atoms with Crippen molar-refractivity contribution in [2.75, 3.05) is 6.26 Å². The van der Waals surface area contributed by atoms with Crippen molar-refractivity contribution in [2.24, 2.45) is 0 Å². The number of aromatic nitrogens is 1. The summed E-state index contributed by atoms with van der Waals surface area (Å²) in [5.74, 6) is -1.76. The zero-order valence-corrected chi connectivity index (χ0v) is 16.0. The molecule has 2 aromatic rings. The fourth-order valence-electron chi connectivity index (χ4n) is 2.67. The van der Waals surface area contributed by atoms with E-state index in [1.807, 2.05) is 13.0 Å². The van der Waals surface area contributed by atoms with Crippen molar-refractivity contribution in [1.82, 2.24) is 10.0 Å². The summed E-state index contributed by atoms with van der Waals surface area (Å²) in [7, 11) is -3.91. The number of amides is 1.